The zero-order valence-electron chi connectivity index (χ0n) is 66.7. The van der Waals surface area contributed by atoms with Crippen LogP contribution in [0, 0.1) is 0 Å². The molecule has 0 saturated carbocycles. The first kappa shape index (κ1) is 91.1. The van der Waals surface area contributed by atoms with Crippen LogP contribution in [0.15, 0.2) is 59.7 Å². The number of unbranched alkanes of at least 4 members (excludes halogenated alkanes) is 60. The van der Waals surface area contributed by atoms with Crippen molar-refractivity contribution in [2.24, 2.45) is 0 Å². The third-order valence-electron chi connectivity index (χ3n) is 21.6. The topological polar surface area (TPSA) is 25.3 Å². The average Bonchev–Trinajstić information content (AvgIpc) is 1.61. The molecule has 1 aliphatic rings. The summed E-state index contributed by atoms with van der Waals surface area (Å²) in [6.07, 6.45) is 97.8. The molecule has 0 radical (unpaired) electrons. The Morgan fingerprint density at radius 3 is 0.773 bits per heavy atom. The predicted molar refractivity (Wildman–Crippen MR) is 435 cm³/mol. The molecule has 2 nitrogen and oxygen atoms in total. The van der Waals surface area contributed by atoms with Gasteiger partial charge in [-0.1, -0.05) is 322 Å². The number of rotatable bonds is 74. The molecule has 1 heterocycles. The van der Waals surface area contributed by atoms with Crippen molar-refractivity contribution >= 4 is 11.4 Å². The maximum atomic E-state index is 12.4. The van der Waals surface area contributed by atoms with Gasteiger partial charge < -0.3 is 5.53 Å². The van der Waals surface area contributed by atoms with E-state index in [4.69, 9.17) is 0 Å². The van der Waals surface area contributed by atoms with Gasteiger partial charge in [-0.3, -0.25) is 0 Å². The normalized spacial score (nSPS) is 12.5. The van der Waals surface area contributed by atoms with Crippen molar-refractivity contribution < 1.29 is 19.1 Å². The second kappa shape index (κ2) is 72.4. The predicted octanol–water partition coefficient (Wildman–Crippen LogP) is 34.5. The summed E-state index contributed by atoms with van der Waals surface area (Å²) in [5.74, 6) is 0. The van der Waals surface area contributed by atoms with Crippen LogP contribution in [0.5, 0.6) is 0 Å². The van der Waals surface area contributed by atoms with Crippen molar-refractivity contribution in [3.05, 3.63) is 87.5 Å². The zero-order chi connectivity index (χ0) is 69.5. The Hall–Kier alpha value is -1.99. The van der Waals surface area contributed by atoms with Crippen molar-refractivity contribution in [2.75, 3.05) is 0 Å². The van der Waals surface area contributed by atoms with Crippen LogP contribution >= 0.6 is 0 Å². The van der Waals surface area contributed by atoms with Gasteiger partial charge in [0.1, 0.15) is 0 Å². The van der Waals surface area contributed by atoms with E-state index in [0.717, 1.165) is 37.1 Å². The first-order valence-corrected chi connectivity index (χ1v) is 46.0. The molecule has 0 N–H and O–H groups in total. The van der Waals surface area contributed by atoms with Crippen LogP contribution in [0.3, 0.4) is 0 Å². The Kier molecular flexibility index (Phi) is 68.0. The molecule has 3 heteroatoms. The summed E-state index contributed by atoms with van der Waals surface area (Å²) in [5, 5.41) is 2.86. The minimum absolute atomic E-state index is 1.04. The number of nitrogens with zero attached hydrogens (tertiary/aromatic N) is 2. The van der Waals surface area contributed by atoms with Crippen LogP contribution in [0.1, 0.15) is 500 Å². The fourth-order valence-electron chi connectivity index (χ4n) is 15.1. The van der Waals surface area contributed by atoms with E-state index in [1.165, 1.54) is 468 Å². The Morgan fingerprint density at radius 2 is 0.464 bits per heavy atom. The summed E-state index contributed by atoms with van der Waals surface area (Å²) in [6, 6.07) is 18.5. The molecule has 0 atom stereocenters. The summed E-state index contributed by atoms with van der Waals surface area (Å²) < 4.78 is 1.63. The van der Waals surface area contributed by atoms with Crippen molar-refractivity contribution in [3.8, 4) is 0 Å². The summed E-state index contributed by atoms with van der Waals surface area (Å²) in [4.78, 5) is 0. The molecular weight excluding hydrogens is 1220 g/mol. The van der Waals surface area contributed by atoms with Gasteiger partial charge in [0.2, 0.25) is 11.4 Å². The second-order valence-electron chi connectivity index (χ2n) is 31.1. The van der Waals surface area contributed by atoms with E-state index >= 15 is 0 Å². The molecule has 1 aliphatic heterocycles. The molecular formula is C94H170N2Ni. The van der Waals surface area contributed by atoms with Crippen LogP contribution in [0.25, 0.3) is 16.9 Å². The number of allylic oxidation sites excluding steroid dienone is 2. The van der Waals surface area contributed by atoms with Crippen molar-refractivity contribution in [2.45, 2.75) is 502 Å². The molecule has 0 aromatic heterocycles. The Morgan fingerprint density at radius 1 is 0.227 bits per heavy atom. The van der Waals surface area contributed by atoms with Gasteiger partial charge in [0.05, 0.1) is 0 Å². The molecule has 2 aromatic carbocycles. The fraction of sp³-hybridized carbons (Fsp3) is 0.830. The standard InChI is InChI=1S/C70H120N2.2C12H25.Ni/c1-5-9-13-15-17-19-21-23-25-27-29-31-32-34-36-38-40-42-44-46-49-53-64-54-51-55-66(62-64)70-68(56-48-11-7-3)67(69(72(70)71)65-60-58-63(59-61-65)52-12-8-4)57-50-47-45-43-41-39-37-35-33-30-28-26-24-22-20-18-16-14-10-6-2;2*1-3-5-7-9-11-12-10-8-6-4-2;/h51,54-55,58-62H,5-50,52-53,56-57H2,1-4H3;2*1,3-12H2,2H3;. The molecule has 0 fully saturated rings. The summed E-state index contributed by atoms with van der Waals surface area (Å²) in [5.41, 5.74) is 22.5. The van der Waals surface area contributed by atoms with E-state index in [1.807, 2.05) is 14.4 Å². The number of hydrogen-bond donors (Lipinski definition) is 0. The van der Waals surface area contributed by atoms with Crippen molar-refractivity contribution in [1.82, 2.24) is 0 Å². The van der Waals surface area contributed by atoms with E-state index in [1.54, 1.807) is 4.70 Å². The zero-order valence-corrected chi connectivity index (χ0v) is 67.7. The third-order valence-corrected chi connectivity index (χ3v) is 23.0. The summed E-state index contributed by atoms with van der Waals surface area (Å²) in [7, 11) is 0. The van der Waals surface area contributed by atoms with E-state index < -0.39 is 0 Å². The Balaban J connectivity index is 0.00000108. The molecule has 0 aliphatic carbocycles. The van der Waals surface area contributed by atoms with Gasteiger partial charge in [0.15, 0.2) is 0 Å². The molecule has 97 heavy (non-hydrogen) atoms. The van der Waals surface area contributed by atoms with Gasteiger partial charge >= 0.3 is 167 Å². The number of aryl methyl sites for hydroxylation is 2. The van der Waals surface area contributed by atoms with Gasteiger partial charge in [-0.05, 0) is 86.8 Å². The van der Waals surface area contributed by atoms with E-state index in [0.29, 0.717) is 0 Å². The fourth-order valence-corrected chi connectivity index (χ4v) is 16.3. The Labute approximate surface area is 615 Å². The van der Waals surface area contributed by atoms with E-state index in [9.17, 15) is 5.53 Å². The van der Waals surface area contributed by atoms with Gasteiger partial charge in [-0.15, -0.1) is 0 Å². The van der Waals surface area contributed by atoms with E-state index in [-0.39, 0.29) is 0 Å². The first-order chi connectivity index (χ1) is 48.1. The number of hydrogen-bond acceptors (Lipinski definition) is 0. The number of benzene rings is 2. The van der Waals surface area contributed by atoms with Crippen LogP contribution in [0.2, 0.25) is 10.8 Å². The van der Waals surface area contributed by atoms with Crippen LogP contribution < -0.4 is 0 Å². The van der Waals surface area contributed by atoms with Crippen molar-refractivity contribution in [1.29, 1.82) is 0 Å². The minimum atomic E-state index is 1.04. The van der Waals surface area contributed by atoms with E-state index in [2.05, 4.69) is 90.1 Å². The van der Waals surface area contributed by atoms with Gasteiger partial charge in [-0.2, -0.15) is 0 Å². The maximum absolute atomic E-state index is 12.4. The summed E-state index contributed by atoms with van der Waals surface area (Å²) in [6.45, 7) is 13.8. The third kappa shape index (κ3) is 53.5. The summed E-state index contributed by atoms with van der Waals surface area (Å²) >= 11 is 2.03. The molecule has 0 unspecified atom stereocenters. The molecule has 0 spiro atoms. The Bertz CT molecular complexity index is 2000. The molecule has 0 bridgehead atoms. The molecule has 3 rings (SSSR count). The van der Waals surface area contributed by atoms with Gasteiger partial charge in [0, 0.05) is 22.3 Å². The average molecular weight is 1390 g/mol. The van der Waals surface area contributed by atoms with Gasteiger partial charge in [0.25, 0.3) is 0 Å². The quantitative estimate of drug-likeness (QED) is 0.0358. The van der Waals surface area contributed by atoms with Crippen LogP contribution in [-0.4, -0.2) is 4.70 Å². The van der Waals surface area contributed by atoms with Gasteiger partial charge in [-0.25, -0.2) is 4.70 Å². The van der Waals surface area contributed by atoms with Crippen LogP contribution in [-0.2, 0) is 27.3 Å². The SMILES string of the molecule is CCCCCCCCCCCCCCCCCCCCCCCc1cccc(C2=C(CCCCC)C(CCCCCCCCCCCCCCCCCCCCCC)=C(c3ccc(CCCC)cc3)[N+]2=[N-])c1.CCCCCCCCCCC[CH2][Ni][CH2]CCCCCCCCCCC. The second-order valence-corrected chi connectivity index (χ2v) is 32.5. The molecule has 2 aromatic rings. The molecule has 0 amide bonds. The molecule has 566 valence electrons. The van der Waals surface area contributed by atoms with Crippen LogP contribution in [0.4, 0.5) is 0 Å². The monoisotopic (exact) mass is 1390 g/mol. The van der Waals surface area contributed by atoms with Crippen molar-refractivity contribution in [3.63, 3.8) is 0 Å². The molecule has 0 saturated heterocycles. The first-order valence-electron chi connectivity index (χ1n) is 44.6.